The molecular weight excluding hydrogens is 322 g/mol. The predicted molar refractivity (Wildman–Crippen MR) is 97.5 cm³/mol. The number of pyridine rings is 1. The number of aromatic amines is 1. The molecule has 1 aliphatic carbocycles. The molecule has 0 aromatic carbocycles. The largest absolute Gasteiger partial charge is 0.384 e. The topological polar surface area (TPSA) is 52.7 Å². The average molecular weight is 346 g/mol. The van der Waals surface area contributed by atoms with Gasteiger partial charge in [-0.2, -0.15) is 0 Å². The van der Waals surface area contributed by atoms with Gasteiger partial charge in [0.2, 0.25) is 5.92 Å². The lowest BCUT2D eigenvalue weighted by Crippen LogP contribution is -2.27. The summed E-state index contributed by atoms with van der Waals surface area (Å²) in [5.41, 5.74) is 3.28. The van der Waals surface area contributed by atoms with Gasteiger partial charge in [0.15, 0.2) is 0 Å². The number of aromatic nitrogens is 2. The third-order valence-electron chi connectivity index (χ3n) is 4.86. The van der Waals surface area contributed by atoms with Crippen LogP contribution in [0.5, 0.6) is 0 Å². The minimum Gasteiger partial charge on any atom is -0.384 e. The molecule has 3 rings (SSSR count). The zero-order chi connectivity index (χ0) is 17.9. The van der Waals surface area contributed by atoms with Crippen LogP contribution in [0.2, 0.25) is 0 Å². The number of H-pyrrole nitrogens is 1. The number of hydrogen-bond donors (Lipinski definition) is 3. The van der Waals surface area contributed by atoms with Crippen LogP contribution in [0.4, 0.5) is 14.5 Å². The third kappa shape index (κ3) is 4.38. The first kappa shape index (κ1) is 17.5. The number of nitrogens with one attached hydrogen (secondary N) is 3. The molecule has 2 heterocycles. The molecule has 2 aromatic rings. The molecule has 3 N–H and O–H groups in total. The molecule has 1 aliphatic rings. The fourth-order valence-corrected chi connectivity index (χ4v) is 3.23. The standard InChI is InChI=1S/C19H24F2N4/c1-13(23-10-5-15-3-7-19(20,21)8-4-15)14(2)25-18-12-24-17-6-9-22-11-16(17)18/h6,9,11-12,15,23-25H,1-5,7-8,10H2. The highest BCUT2D eigenvalue weighted by Gasteiger charge is 2.34. The quantitative estimate of drug-likeness (QED) is 0.631. The Morgan fingerprint density at radius 2 is 2.04 bits per heavy atom. The summed E-state index contributed by atoms with van der Waals surface area (Å²) < 4.78 is 26.3. The van der Waals surface area contributed by atoms with Crippen molar-refractivity contribution < 1.29 is 8.78 Å². The van der Waals surface area contributed by atoms with Crippen molar-refractivity contribution in [3.8, 4) is 0 Å². The van der Waals surface area contributed by atoms with E-state index in [0.717, 1.165) is 23.0 Å². The van der Waals surface area contributed by atoms with Crippen LogP contribution >= 0.6 is 0 Å². The maximum atomic E-state index is 13.2. The number of halogens is 2. The first-order chi connectivity index (χ1) is 11.9. The van der Waals surface area contributed by atoms with Gasteiger partial charge in [0.25, 0.3) is 0 Å². The van der Waals surface area contributed by atoms with Crippen LogP contribution in [-0.4, -0.2) is 22.4 Å². The van der Waals surface area contributed by atoms with Gasteiger partial charge in [-0.15, -0.1) is 0 Å². The van der Waals surface area contributed by atoms with E-state index in [9.17, 15) is 8.78 Å². The smallest absolute Gasteiger partial charge is 0.248 e. The van der Waals surface area contributed by atoms with Crippen molar-refractivity contribution in [3.63, 3.8) is 0 Å². The van der Waals surface area contributed by atoms with Crippen molar-refractivity contribution in [1.29, 1.82) is 0 Å². The van der Waals surface area contributed by atoms with E-state index < -0.39 is 5.92 Å². The molecule has 1 fully saturated rings. The van der Waals surface area contributed by atoms with Crippen LogP contribution in [-0.2, 0) is 0 Å². The lowest BCUT2D eigenvalue weighted by Gasteiger charge is -2.28. The molecule has 134 valence electrons. The lowest BCUT2D eigenvalue weighted by atomic mass is 9.85. The summed E-state index contributed by atoms with van der Waals surface area (Å²) in [5.74, 6) is -2.10. The summed E-state index contributed by atoms with van der Waals surface area (Å²) in [6.45, 7) is 8.73. The van der Waals surface area contributed by atoms with Crippen LogP contribution in [0.25, 0.3) is 10.9 Å². The van der Waals surface area contributed by atoms with Crippen LogP contribution in [0.1, 0.15) is 32.1 Å². The zero-order valence-electron chi connectivity index (χ0n) is 14.2. The summed E-state index contributed by atoms with van der Waals surface area (Å²) >= 11 is 0. The summed E-state index contributed by atoms with van der Waals surface area (Å²) in [6, 6.07) is 1.91. The fourth-order valence-electron chi connectivity index (χ4n) is 3.23. The molecule has 0 bridgehead atoms. The Bertz CT molecular complexity index is 756. The Balaban J connectivity index is 1.44. The van der Waals surface area contributed by atoms with Crippen LogP contribution in [0.3, 0.4) is 0 Å². The molecule has 2 aromatic heterocycles. The van der Waals surface area contributed by atoms with Crippen molar-refractivity contribution in [2.75, 3.05) is 11.9 Å². The Labute approximate surface area is 146 Å². The predicted octanol–water partition coefficient (Wildman–Crippen LogP) is 4.81. The molecule has 0 radical (unpaired) electrons. The van der Waals surface area contributed by atoms with Crippen molar-refractivity contribution in [1.82, 2.24) is 15.3 Å². The first-order valence-corrected chi connectivity index (χ1v) is 8.62. The monoisotopic (exact) mass is 346 g/mol. The van der Waals surface area contributed by atoms with Gasteiger partial charge in [-0.25, -0.2) is 8.78 Å². The van der Waals surface area contributed by atoms with Gasteiger partial charge in [-0.05, 0) is 31.2 Å². The summed E-state index contributed by atoms with van der Waals surface area (Å²) in [7, 11) is 0. The number of rotatable bonds is 7. The van der Waals surface area contributed by atoms with Gasteiger partial charge < -0.3 is 15.6 Å². The van der Waals surface area contributed by atoms with Gasteiger partial charge in [0.1, 0.15) is 0 Å². The van der Waals surface area contributed by atoms with Gasteiger partial charge in [0, 0.05) is 49.1 Å². The highest BCUT2D eigenvalue weighted by molar-refractivity contribution is 5.92. The number of fused-ring (bicyclic) bond motifs is 1. The third-order valence-corrected chi connectivity index (χ3v) is 4.86. The summed E-state index contributed by atoms with van der Waals surface area (Å²) in [5, 5.41) is 7.46. The molecule has 0 saturated heterocycles. The molecule has 0 amide bonds. The van der Waals surface area contributed by atoms with Crippen LogP contribution < -0.4 is 10.6 Å². The second-order valence-corrected chi connectivity index (χ2v) is 6.72. The number of hydrogen-bond acceptors (Lipinski definition) is 3. The van der Waals surface area contributed by atoms with Crippen molar-refractivity contribution in [2.45, 2.75) is 38.0 Å². The second kappa shape index (κ2) is 7.25. The lowest BCUT2D eigenvalue weighted by molar-refractivity contribution is -0.0463. The maximum Gasteiger partial charge on any atom is 0.248 e. The molecular formula is C19H24F2N4. The van der Waals surface area contributed by atoms with E-state index in [2.05, 4.69) is 33.8 Å². The average Bonchev–Trinajstić information content (AvgIpc) is 2.99. The highest BCUT2D eigenvalue weighted by Crippen LogP contribution is 2.37. The molecule has 0 spiro atoms. The summed E-state index contributed by atoms with van der Waals surface area (Å²) in [6.07, 6.45) is 7.50. The van der Waals surface area contributed by atoms with Crippen molar-refractivity contribution in [2.24, 2.45) is 5.92 Å². The van der Waals surface area contributed by atoms with Crippen LogP contribution in [0.15, 0.2) is 49.2 Å². The van der Waals surface area contributed by atoms with E-state index in [0.29, 0.717) is 36.7 Å². The Kier molecular flexibility index (Phi) is 5.06. The maximum absolute atomic E-state index is 13.2. The van der Waals surface area contributed by atoms with E-state index in [4.69, 9.17) is 0 Å². The van der Waals surface area contributed by atoms with E-state index in [1.54, 1.807) is 12.4 Å². The number of alkyl halides is 2. The Hall–Kier alpha value is -2.37. The molecule has 6 heteroatoms. The molecule has 25 heavy (non-hydrogen) atoms. The van der Waals surface area contributed by atoms with E-state index >= 15 is 0 Å². The SMILES string of the molecule is C=C(NCCC1CCC(F)(F)CC1)C(=C)Nc1c[nH]c2ccncc12. The van der Waals surface area contributed by atoms with Crippen molar-refractivity contribution in [3.05, 3.63) is 49.2 Å². The fraction of sp³-hybridized carbons (Fsp3) is 0.421. The minimum atomic E-state index is -2.46. The van der Waals surface area contributed by atoms with Crippen LogP contribution in [0, 0.1) is 5.92 Å². The van der Waals surface area contributed by atoms with E-state index in [1.165, 1.54) is 0 Å². The van der Waals surface area contributed by atoms with Gasteiger partial charge >= 0.3 is 0 Å². The first-order valence-electron chi connectivity index (χ1n) is 8.62. The zero-order valence-corrected chi connectivity index (χ0v) is 14.2. The summed E-state index contributed by atoms with van der Waals surface area (Å²) in [4.78, 5) is 7.30. The number of nitrogens with zero attached hydrogens (tertiary/aromatic N) is 1. The Morgan fingerprint density at radius 3 is 2.80 bits per heavy atom. The van der Waals surface area contributed by atoms with Crippen molar-refractivity contribution >= 4 is 16.6 Å². The normalized spacial score (nSPS) is 17.4. The van der Waals surface area contributed by atoms with E-state index in [1.807, 2.05) is 12.3 Å². The van der Waals surface area contributed by atoms with Gasteiger partial charge in [0.05, 0.1) is 16.9 Å². The molecule has 0 unspecified atom stereocenters. The minimum absolute atomic E-state index is 0.0154. The molecule has 0 atom stereocenters. The van der Waals surface area contributed by atoms with Gasteiger partial charge in [-0.1, -0.05) is 13.2 Å². The molecule has 1 saturated carbocycles. The second-order valence-electron chi connectivity index (χ2n) is 6.72. The highest BCUT2D eigenvalue weighted by atomic mass is 19.3. The Morgan fingerprint density at radius 1 is 1.28 bits per heavy atom. The number of anilines is 1. The molecule has 0 aliphatic heterocycles. The molecule has 4 nitrogen and oxygen atoms in total. The van der Waals surface area contributed by atoms with Gasteiger partial charge in [-0.3, -0.25) is 4.98 Å². The van der Waals surface area contributed by atoms with E-state index in [-0.39, 0.29) is 12.8 Å².